The van der Waals surface area contributed by atoms with E-state index < -0.39 is 9.84 Å². The van der Waals surface area contributed by atoms with Crippen molar-refractivity contribution in [3.63, 3.8) is 0 Å². The molecule has 0 N–H and O–H groups in total. The Labute approximate surface area is 141 Å². The van der Waals surface area contributed by atoms with Crippen molar-refractivity contribution in [2.75, 3.05) is 32.3 Å². The first-order valence-corrected chi connectivity index (χ1v) is 9.71. The molecule has 1 aromatic heterocycles. The van der Waals surface area contributed by atoms with Crippen molar-refractivity contribution in [3.05, 3.63) is 46.8 Å². The van der Waals surface area contributed by atoms with Crippen LogP contribution in [-0.2, 0) is 16.4 Å². The van der Waals surface area contributed by atoms with Crippen LogP contribution in [0.1, 0.15) is 15.2 Å². The van der Waals surface area contributed by atoms with Crippen molar-refractivity contribution in [3.8, 4) is 0 Å². The number of hydrogen-bond acceptors (Lipinski definition) is 5. The quantitative estimate of drug-likeness (QED) is 0.830. The molecule has 0 saturated carbocycles. The topological polar surface area (TPSA) is 57.7 Å². The van der Waals surface area contributed by atoms with Crippen molar-refractivity contribution in [1.82, 2.24) is 4.90 Å². The second-order valence-corrected chi connectivity index (χ2v) is 8.94. The summed E-state index contributed by atoms with van der Waals surface area (Å²) in [4.78, 5) is 16.5. The summed E-state index contributed by atoms with van der Waals surface area (Å²) in [7, 11) is 2.37. The minimum atomic E-state index is -3.27. The highest BCUT2D eigenvalue weighted by molar-refractivity contribution is 7.92. The van der Waals surface area contributed by atoms with E-state index in [4.69, 9.17) is 0 Å². The zero-order valence-corrected chi connectivity index (χ0v) is 15.2. The Morgan fingerprint density at radius 3 is 2.39 bits per heavy atom. The molecule has 2 rings (SSSR count). The summed E-state index contributed by atoms with van der Waals surface area (Å²) >= 11 is 1.01. The van der Waals surface area contributed by atoms with Gasteiger partial charge in [-0.1, -0.05) is 12.1 Å². The van der Waals surface area contributed by atoms with Crippen molar-refractivity contribution >= 4 is 32.8 Å². The fourth-order valence-electron chi connectivity index (χ4n) is 2.10. The molecule has 2 aromatic rings. The summed E-state index contributed by atoms with van der Waals surface area (Å²) < 4.78 is 23.2. The van der Waals surface area contributed by atoms with Gasteiger partial charge >= 0.3 is 0 Å². The predicted molar refractivity (Wildman–Crippen MR) is 94.0 cm³/mol. The number of benzene rings is 1. The molecule has 0 aliphatic rings. The van der Waals surface area contributed by atoms with E-state index in [0.29, 0.717) is 11.4 Å². The fraction of sp³-hybridized carbons (Fsp3) is 0.312. The molecule has 0 unspecified atom stereocenters. The first kappa shape index (κ1) is 17.5. The molecule has 5 nitrogen and oxygen atoms in total. The van der Waals surface area contributed by atoms with Gasteiger partial charge in [0.25, 0.3) is 5.91 Å². The zero-order valence-electron chi connectivity index (χ0n) is 13.6. The van der Waals surface area contributed by atoms with Crippen LogP contribution in [-0.4, -0.2) is 46.6 Å². The number of carbonyl (C=O) groups excluding carboxylic acids is 1. The number of carbonyl (C=O) groups is 1. The summed E-state index contributed by atoms with van der Waals surface area (Å²) in [5.74, 6) is -0.180. The average Bonchev–Trinajstić information content (AvgIpc) is 2.96. The van der Waals surface area contributed by atoms with Gasteiger partial charge < -0.3 is 9.80 Å². The van der Waals surface area contributed by atoms with Crippen LogP contribution < -0.4 is 4.90 Å². The molecule has 23 heavy (non-hydrogen) atoms. The first-order valence-electron chi connectivity index (χ1n) is 7.00. The van der Waals surface area contributed by atoms with Crippen LogP contribution in [0.15, 0.2) is 40.6 Å². The second kappa shape index (κ2) is 6.72. The van der Waals surface area contributed by atoms with E-state index in [1.54, 1.807) is 18.0 Å². The summed E-state index contributed by atoms with van der Waals surface area (Å²) in [5.41, 5.74) is 2.09. The van der Waals surface area contributed by atoms with Crippen LogP contribution in [0.25, 0.3) is 0 Å². The van der Waals surface area contributed by atoms with Crippen LogP contribution in [0.4, 0.5) is 5.69 Å². The number of anilines is 1. The molecule has 0 atom stereocenters. The Bertz CT molecular complexity index is 810. The van der Waals surface area contributed by atoms with E-state index >= 15 is 0 Å². The van der Waals surface area contributed by atoms with Crippen molar-refractivity contribution in [2.24, 2.45) is 0 Å². The van der Waals surface area contributed by atoms with E-state index in [2.05, 4.69) is 0 Å². The predicted octanol–water partition coefficient (Wildman–Crippen LogP) is 2.49. The van der Waals surface area contributed by atoms with Gasteiger partial charge in [0, 0.05) is 39.6 Å². The van der Waals surface area contributed by atoms with Gasteiger partial charge in [0.2, 0.25) is 0 Å². The van der Waals surface area contributed by atoms with Crippen molar-refractivity contribution < 1.29 is 13.2 Å². The van der Waals surface area contributed by atoms with Gasteiger partial charge in [0.1, 0.15) is 4.21 Å². The molecule has 7 heteroatoms. The third kappa shape index (κ3) is 4.33. The van der Waals surface area contributed by atoms with Crippen LogP contribution >= 0.6 is 11.3 Å². The lowest BCUT2D eigenvalue weighted by Gasteiger charge is -2.18. The number of thiophene rings is 1. The normalized spacial score (nSPS) is 11.3. The Balaban J connectivity index is 2.14. The fourth-order valence-corrected chi connectivity index (χ4v) is 4.02. The third-order valence-electron chi connectivity index (χ3n) is 3.35. The lowest BCUT2D eigenvalue weighted by atomic mass is 10.2. The molecule has 0 bridgehead atoms. The molecular weight excluding hydrogens is 332 g/mol. The SMILES string of the molecule is CN(Cc1cccc(N(C)C)c1)C(=O)c1ccc(S(C)(=O)=O)s1. The number of amides is 1. The molecule has 0 aliphatic carbocycles. The Morgan fingerprint density at radius 1 is 1.13 bits per heavy atom. The maximum Gasteiger partial charge on any atom is 0.264 e. The number of sulfone groups is 1. The molecular formula is C16H20N2O3S2. The maximum atomic E-state index is 12.4. The highest BCUT2D eigenvalue weighted by Crippen LogP contribution is 2.23. The monoisotopic (exact) mass is 352 g/mol. The molecule has 1 heterocycles. The van der Waals surface area contributed by atoms with Crippen LogP contribution in [0.3, 0.4) is 0 Å². The lowest BCUT2D eigenvalue weighted by molar-refractivity contribution is 0.0790. The highest BCUT2D eigenvalue weighted by atomic mass is 32.2. The largest absolute Gasteiger partial charge is 0.378 e. The zero-order chi connectivity index (χ0) is 17.2. The molecule has 0 fully saturated rings. The Morgan fingerprint density at radius 2 is 1.83 bits per heavy atom. The highest BCUT2D eigenvalue weighted by Gasteiger charge is 2.18. The Hall–Kier alpha value is -1.86. The molecule has 1 amide bonds. The minimum Gasteiger partial charge on any atom is -0.378 e. The van der Waals surface area contributed by atoms with Gasteiger partial charge in [0.15, 0.2) is 9.84 Å². The molecule has 124 valence electrons. The maximum absolute atomic E-state index is 12.4. The Kier molecular flexibility index (Phi) is 5.11. The van der Waals surface area contributed by atoms with E-state index in [0.717, 1.165) is 28.8 Å². The molecule has 0 aliphatic heterocycles. The number of rotatable bonds is 5. The molecule has 0 saturated heterocycles. The third-order valence-corrected chi connectivity index (χ3v) is 6.24. The minimum absolute atomic E-state index is 0.180. The van der Waals surface area contributed by atoms with Crippen molar-refractivity contribution in [1.29, 1.82) is 0 Å². The van der Waals surface area contributed by atoms with Gasteiger partial charge in [-0.2, -0.15) is 0 Å². The number of nitrogens with zero attached hydrogens (tertiary/aromatic N) is 2. The second-order valence-electron chi connectivity index (χ2n) is 5.62. The van der Waals surface area contributed by atoms with Crippen molar-refractivity contribution in [2.45, 2.75) is 10.8 Å². The average molecular weight is 352 g/mol. The summed E-state index contributed by atoms with van der Waals surface area (Å²) in [6, 6.07) is 11.0. The van der Waals surface area contributed by atoms with Gasteiger partial charge in [-0.15, -0.1) is 11.3 Å². The van der Waals surface area contributed by atoms with Crippen LogP contribution in [0.5, 0.6) is 0 Å². The van der Waals surface area contributed by atoms with Crippen LogP contribution in [0.2, 0.25) is 0 Å². The molecule has 0 spiro atoms. The summed E-state index contributed by atoms with van der Waals surface area (Å²) in [5, 5.41) is 0. The molecule has 0 radical (unpaired) electrons. The van der Waals surface area contributed by atoms with Gasteiger partial charge in [0.05, 0.1) is 4.88 Å². The van der Waals surface area contributed by atoms with Gasteiger partial charge in [-0.25, -0.2) is 8.42 Å². The van der Waals surface area contributed by atoms with E-state index in [1.807, 2.05) is 43.3 Å². The van der Waals surface area contributed by atoms with E-state index in [-0.39, 0.29) is 10.1 Å². The first-order chi connectivity index (χ1) is 10.7. The van der Waals surface area contributed by atoms with E-state index in [9.17, 15) is 13.2 Å². The van der Waals surface area contributed by atoms with E-state index in [1.165, 1.54) is 6.07 Å². The smallest absolute Gasteiger partial charge is 0.264 e. The summed E-state index contributed by atoms with van der Waals surface area (Å²) in [6.45, 7) is 0.465. The number of hydrogen-bond donors (Lipinski definition) is 0. The lowest BCUT2D eigenvalue weighted by Crippen LogP contribution is -2.25. The van der Waals surface area contributed by atoms with Crippen LogP contribution in [0, 0.1) is 0 Å². The van der Waals surface area contributed by atoms with Gasteiger partial charge in [-0.3, -0.25) is 4.79 Å². The standard InChI is InChI=1S/C16H20N2O3S2/c1-17(2)13-7-5-6-12(10-13)11-18(3)16(19)14-8-9-15(22-14)23(4,20)21/h5-10H,11H2,1-4H3. The molecule has 1 aromatic carbocycles. The summed E-state index contributed by atoms with van der Waals surface area (Å²) in [6.07, 6.45) is 1.14. The van der Waals surface area contributed by atoms with Gasteiger partial charge in [-0.05, 0) is 29.8 Å².